The molecule has 4 heteroatoms. The molecule has 2 aliphatic carbocycles. The van der Waals surface area contributed by atoms with Crippen LogP contribution in [0.5, 0.6) is 0 Å². The highest BCUT2D eigenvalue weighted by Crippen LogP contribution is 2.64. The summed E-state index contributed by atoms with van der Waals surface area (Å²) >= 11 is 0. The first-order chi connectivity index (χ1) is 7.25. The zero-order valence-electron chi connectivity index (χ0n) is 8.85. The minimum absolute atomic E-state index is 0.0547. The van der Waals surface area contributed by atoms with Crippen molar-refractivity contribution in [1.29, 1.82) is 5.26 Å². The average Bonchev–Trinajstić information content (AvgIpc) is 2.59. The van der Waals surface area contributed by atoms with Crippen molar-refractivity contribution in [3.63, 3.8) is 0 Å². The summed E-state index contributed by atoms with van der Waals surface area (Å²) in [6.07, 6.45) is 5.19. The van der Waals surface area contributed by atoms with E-state index in [2.05, 4.69) is 16.4 Å². The Labute approximate surface area is 88.9 Å². The van der Waals surface area contributed by atoms with Crippen molar-refractivity contribution in [3.8, 4) is 6.07 Å². The molecule has 15 heavy (non-hydrogen) atoms. The molecule has 1 aromatic rings. The van der Waals surface area contributed by atoms with Gasteiger partial charge in [0.2, 0.25) is 0 Å². The number of hydrogen-bond donors (Lipinski definition) is 0. The van der Waals surface area contributed by atoms with Gasteiger partial charge in [-0.05, 0) is 38.0 Å². The topological polar surface area (TPSA) is 54.5 Å². The second-order valence-electron chi connectivity index (χ2n) is 4.93. The number of fused-ring (bicyclic) bond motifs is 1. The second kappa shape index (κ2) is 2.82. The van der Waals surface area contributed by atoms with Gasteiger partial charge in [0, 0.05) is 6.54 Å². The van der Waals surface area contributed by atoms with Crippen molar-refractivity contribution in [2.75, 3.05) is 0 Å². The SMILES string of the molecule is Cc1cnnn1CC1CC2(C#N)CCC12. The van der Waals surface area contributed by atoms with Crippen LogP contribution in [0.4, 0.5) is 0 Å². The van der Waals surface area contributed by atoms with Crippen LogP contribution < -0.4 is 0 Å². The Hall–Kier alpha value is -1.37. The van der Waals surface area contributed by atoms with E-state index >= 15 is 0 Å². The molecule has 2 aliphatic rings. The lowest BCUT2D eigenvalue weighted by molar-refractivity contribution is -0.0961. The smallest absolute Gasteiger partial charge is 0.0722 e. The molecule has 78 valence electrons. The Morgan fingerprint density at radius 3 is 3.07 bits per heavy atom. The minimum Gasteiger partial charge on any atom is -0.249 e. The summed E-state index contributed by atoms with van der Waals surface area (Å²) in [7, 11) is 0. The predicted molar refractivity (Wildman–Crippen MR) is 53.6 cm³/mol. The van der Waals surface area contributed by atoms with Crippen LogP contribution in [0.2, 0.25) is 0 Å². The van der Waals surface area contributed by atoms with E-state index in [1.54, 1.807) is 6.20 Å². The normalized spacial score (nSPS) is 37.3. The van der Waals surface area contributed by atoms with E-state index in [4.69, 9.17) is 5.26 Å². The van der Waals surface area contributed by atoms with Gasteiger partial charge in [-0.25, -0.2) is 4.68 Å². The zero-order valence-corrected chi connectivity index (χ0v) is 8.85. The fourth-order valence-corrected chi connectivity index (χ4v) is 3.14. The van der Waals surface area contributed by atoms with Crippen molar-refractivity contribution in [3.05, 3.63) is 11.9 Å². The van der Waals surface area contributed by atoms with Crippen molar-refractivity contribution in [2.45, 2.75) is 32.7 Å². The Bertz CT molecular complexity index is 430. The molecule has 0 aromatic carbocycles. The molecule has 3 unspecified atom stereocenters. The van der Waals surface area contributed by atoms with Gasteiger partial charge >= 0.3 is 0 Å². The van der Waals surface area contributed by atoms with Crippen molar-refractivity contribution >= 4 is 0 Å². The number of nitrogens with zero attached hydrogens (tertiary/aromatic N) is 4. The van der Waals surface area contributed by atoms with Gasteiger partial charge in [0.1, 0.15) is 0 Å². The molecule has 1 aromatic heterocycles. The molecule has 0 N–H and O–H groups in total. The molecule has 1 heterocycles. The van der Waals surface area contributed by atoms with E-state index in [9.17, 15) is 0 Å². The third-order valence-corrected chi connectivity index (χ3v) is 4.25. The summed E-state index contributed by atoms with van der Waals surface area (Å²) in [4.78, 5) is 0. The third-order valence-electron chi connectivity index (χ3n) is 4.25. The van der Waals surface area contributed by atoms with Crippen LogP contribution in [0.1, 0.15) is 25.0 Å². The highest BCUT2D eigenvalue weighted by atomic mass is 15.4. The Morgan fingerprint density at radius 1 is 1.73 bits per heavy atom. The van der Waals surface area contributed by atoms with Gasteiger partial charge in [0.05, 0.1) is 23.4 Å². The van der Waals surface area contributed by atoms with E-state index < -0.39 is 0 Å². The fourth-order valence-electron chi connectivity index (χ4n) is 3.14. The van der Waals surface area contributed by atoms with E-state index in [0.717, 1.165) is 25.1 Å². The van der Waals surface area contributed by atoms with Crippen LogP contribution in [0.15, 0.2) is 6.20 Å². The Balaban J connectivity index is 1.69. The monoisotopic (exact) mass is 202 g/mol. The van der Waals surface area contributed by atoms with Crippen LogP contribution in [0, 0.1) is 35.5 Å². The lowest BCUT2D eigenvalue weighted by Gasteiger charge is -2.59. The summed E-state index contributed by atoms with van der Waals surface area (Å²) < 4.78 is 1.96. The summed E-state index contributed by atoms with van der Waals surface area (Å²) in [5.41, 5.74) is 1.17. The first-order valence-electron chi connectivity index (χ1n) is 5.51. The molecule has 3 atom stereocenters. The first kappa shape index (κ1) is 8.90. The Kier molecular flexibility index (Phi) is 1.67. The lowest BCUT2D eigenvalue weighted by atomic mass is 9.43. The molecule has 4 nitrogen and oxygen atoms in total. The van der Waals surface area contributed by atoms with Gasteiger partial charge in [-0.15, -0.1) is 5.10 Å². The van der Waals surface area contributed by atoms with E-state index in [1.165, 1.54) is 6.42 Å². The van der Waals surface area contributed by atoms with Gasteiger partial charge in [-0.2, -0.15) is 5.26 Å². The number of aromatic nitrogens is 3. The molecule has 0 spiro atoms. The lowest BCUT2D eigenvalue weighted by Crippen LogP contribution is -2.55. The van der Waals surface area contributed by atoms with Gasteiger partial charge in [0.15, 0.2) is 0 Å². The minimum atomic E-state index is 0.0547. The average molecular weight is 202 g/mol. The van der Waals surface area contributed by atoms with Crippen LogP contribution in [-0.2, 0) is 6.54 Å². The molecule has 3 rings (SSSR count). The van der Waals surface area contributed by atoms with Crippen molar-refractivity contribution < 1.29 is 0 Å². The van der Waals surface area contributed by atoms with Crippen LogP contribution in [0.25, 0.3) is 0 Å². The molecular weight excluding hydrogens is 188 g/mol. The summed E-state index contributed by atoms with van der Waals surface area (Å²) in [5.74, 6) is 1.28. The van der Waals surface area contributed by atoms with E-state index in [0.29, 0.717) is 11.8 Å². The number of rotatable bonds is 2. The largest absolute Gasteiger partial charge is 0.249 e. The number of aryl methyl sites for hydroxylation is 1. The first-order valence-corrected chi connectivity index (χ1v) is 5.51. The zero-order chi connectivity index (χ0) is 10.5. The molecule has 0 bridgehead atoms. The van der Waals surface area contributed by atoms with Crippen LogP contribution >= 0.6 is 0 Å². The maximum atomic E-state index is 9.08. The van der Waals surface area contributed by atoms with E-state index in [1.807, 2.05) is 11.6 Å². The molecule has 0 aliphatic heterocycles. The second-order valence-corrected chi connectivity index (χ2v) is 4.93. The maximum Gasteiger partial charge on any atom is 0.0722 e. The highest BCUT2D eigenvalue weighted by Gasteiger charge is 2.60. The van der Waals surface area contributed by atoms with Gasteiger partial charge in [0.25, 0.3) is 0 Å². The highest BCUT2D eigenvalue weighted by molar-refractivity contribution is 5.19. The summed E-state index contributed by atoms with van der Waals surface area (Å²) in [6, 6.07) is 2.49. The number of nitriles is 1. The van der Waals surface area contributed by atoms with Crippen LogP contribution in [0.3, 0.4) is 0 Å². The molecule has 0 radical (unpaired) electrons. The molecule has 2 fully saturated rings. The summed E-state index contributed by atoms with van der Waals surface area (Å²) in [6.45, 7) is 2.97. The molecular formula is C11H14N4. The van der Waals surface area contributed by atoms with Gasteiger partial charge < -0.3 is 0 Å². The molecule has 2 saturated carbocycles. The molecule has 0 saturated heterocycles. The van der Waals surface area contributed by atoms with Crippen molar-refractivity contribution in [1.82, 2.24) is 15.0 Å². The van der Waals surface area contributed by atoms with Gasteiger partial charge in [-0.1, -0.05) is 5.21 Å². The standard InChI is InChI=1S/C11H14N4/c1-8-5-13-14-15(8)6-9-4-11(7-12)3-2-10(9)11/h5,9-10H,2-4,6H2,1H3. The van der Waals surface area contributed by atoms with Crippen molar-refractivity contribution in [2.24, 2.45) is 17.3 Å². The summed E-state index contributed by atoms with van der Waals surface area (Å²) in [5, 5.41) is 17.0. The quantitative estimate of drug-likeness (QED) is 0.730. The maximum absolute atomic E-state index is 9.08. The Morgan fingerprint density at radius 2 is 2.60 bits per heavy atom. The van der Waals surface area contributed by atoms with Gasteiger partial charge in [-0.3, -0.25) is 0 Å². The van der Waals surface area contributed by atoms with E-state index in [-0.39, 0.29) is 5.41 Å². The van der Waals surface area contributed by atoms with Crippen LogP contribution in [-0.4, -0.2) is 15.0 Å². The predicted octanol–water partition coefficient (Wildman–Crippen LogP) is 1.53. The molecule has 0 amide bonds. The number of hydrogen-bond acceptors (Lipinski definition) is 3. The third kappa shape index (κ3) is 1.06. The fraction of sp³-hybridized carbons (Fsp3) is 0.727.